The molecule has 0 spiro atoms. The van der Waals surface area contributed by atoms with Crippen LogP contribution in [0.1, 0.15) is 46.0 Å². The van der Waals surface area contributed by atoms with Gasteiger partial charge in [0.2, 0.25) is 0 Å². The highest BCUT2D eigenvalue weighted by Gasteiger charge is 2.06. The van der Waals surface area contributed by atoms with E-state index in [1.165, 1.54) is 44.1 Å². The van der Waals surface area contributed by atoms with Crippen LogP contribution in [0, 0.1) is 5.92 Å². The van der Waals surface area contributed by atoms with Crippen LogP contribution in [0.3, 0.4) is 0 Å². The van der Waals surface area contributed by atoms with Crippen molar-refractivity contribution in [1.82, 2.24) is 0 Å². The second kappa shape index (κ2) is 8.85. The maximum absolute atomic E-state index is 5.63. The van der Waals surface area contributed by atoms with E-state index >= 15 is 0 Å². The smallest absolute Gasteiger partial charge is 0.00995 e. The molecule has 1 rings (SSSR count). The standard InChI is InChI=1S/C6H13N.C4H11NS/c7-6-4-2-1-3-5-6;1-4(2)3-6-5/h6H,1-5,7H2;4H,3,5H2,1-2H3. The first-order valence-electron chi connectivity index (χ1n) is 5.24. The van der Waals surface area contributed by atoms with Gasteiger partial charge in [-0.3, -0.25) is 5.14 Å². The van der Waals surface area contributed by atoms with Gasteiger partial charge >= 0.3 is 0 Å². The Morgan fingerprint density at radius 2 is 1.77 bits per heavy atom. The van der Waals surface area contributed by atoms with Crippen molar-refractivity contribution in [3.05, 3.63) is 0 Å². The summed E-state index contributed by atoms with van der Waals surface area (Å²) >= 11 is 1.41. The Labute approximate surface area is 87.0 Å². The summed E-state index contributed by atoms with van der Waals surface area (Å²) in [4.78, 5) is 0. The zero-order valence-corrected chi connectivity index (χ0v) is 9.78. The highest BCUT2D eigenvalue weighted by atomic mass is 32.2. The van der Waals surface area contributed by atoms with E-state index in [1.54, 1.807) is 0 Å². The molecule has 1 fully saturated rings. The van der Waals surface area contributed by atoms with Crippen LogP contribution in [0.2, 0.25) is 0 Å². The minimum atomic E-state index is 0.536. The van der Waals surface area contributed by atoms with Gasteiger partial charge in [0, 0.05) is 11.8 Å². The Bertz CT molecular complexity index is 101. The van der Waals surface area contributed by atoms with Gasteiger partial charge in [-0.1, -0.05) is 45.1 Å². The highest BCUT2D eigenvalue weighted by molar-refractivity contribution is 7.97. The van der Waals surface area contributed by atoms with Crippen molar-refractivity contribution in [2.45, 2.75) is 52.0 Å². The summed E-state index contributed by atoms with van der Waals surface area (Å²) < 4.78 is 0. The summed E-state index contributed by atoms with van der Waals surface area (Å²) in [6.07, 6.45) is 6.66. The third-order valence-corrected chi connectivity index (χ3v) is 2.94. The number of nitrogens with two attached hydrogens (primary N) is 2. The lowest BCUT2D eigenvalue weighted by molar-refractivity contribution is 0.441. The number of rotatable bonds is 2. The second-order valence-electron chi connectivity index (χ2n) is 4.13. The summed E-state index contributed by atoms with van der Waals surface area (Å²) in [6, 6.07) is 0.536. The Morgan fingerprint density at radius 3 is 1.92 bits per heavy atom. The van der Waals surface area contributed by atoms with Gasteiger partial charge in [0.15, 0.2) is 0 Å². The molecule has 3 heteroatoms. The minimum Gasteiger partial charge on any atom is -0.328 e. The molecule has 1 aliphatic carbocycles. The fraction of sp³-hybridized carbons (Fsp3) is 1.00. The first kappa shape index (κ1) is 13.3. The molecule has 0 atom stereocenters. The van der Waals surface area contributed by atoms with E-state index in [2.05, 4.69) is 13.8 Å². The van der Waals surface area contributed by atoms with E-state index < -0.39 is 0 Å². The average Bonchev–Trinajstić information content (AvgIpc) is 2.06. The fourth-order valence-electron chi connectivity index (χ4n) is 1.33. The van der Waals surface area contributed by atoms with Crippen molar-refractivity contribution >= 4 is 11.9 Å². The van der Waals surface area contributed by atoms with Gasteiger partial charge in [-0.25, -0.2) is 0 Å². The van der Waals surface area contributed by atoms with E-state index in [1.807, 2.05) is 0 Å². The third kappa shape index (κ3) is 10.2. The largest absolute Gasteiger partial charge is 0.328 e. The van der Waals surface area contributed by atoms with E-state index in [0.29, 0.717) is 6.04 Å². The van der Waals surface area contributed by atoms with Crippen molar-refractivity contribution in [3.63, 3.8) is 0 Å². The molecule has 0 aromatic carbocycles. The van der Waals surface area contributed by atoms with Gasteiger partial charge in [-0.05, 0) is 18.8 Å². The SMILES string of the molecule is CC(C)CSN.NC1CCCCC1. The Morgan fingerprint density at radius 1 is 1.23 bits per heavy atom. The number of hydrogen-bond donors (Lipinski definition) is 2. The van der Waals surface area contributed by atoms with Crippen molar-refractivity contribution in [2.24, 2.45) is 16.8 Å². The first-order chi connectivity index (χ1) is 6.16. The third-order valence-electron chi connectivity index (χ3n) is 2.08. The van der Waals surface area contributed by atoms with E-state index in [4.69, 9.17) is 10.9 Å². The minimum absolute atomic E-state index is 0.536. The molecule has 0 heterocycles. The van der Waals surface area contributed by atoms with Gasteiger partial charge in [-0.15, -0.1) is 0 Å². The molecule has 0 aromatic rings. The highest BCUT2D eigenvalue weighted by Crippen LogP contribution is 2.14. The van der Waals surface area contributed by atoms with Crippen molar-refractivity contribution in [1.29, 1.82) is 0 Å². The normalized spacial score (nSPS) is 18.2. The lowest BCUT2D eigenvalue weighted by Gasteiger charge is -2.15. The molecule has 80 valence electrons. The van der Waals surface area contributed by atoms with E-state index in [0.717, 1.165) is 11.7 Å². The summed E-state index contributed by atoms with van der Waals surface area (Å²) in [7, 11) is 0. The molecule has 0 bridgehead atoms. The number of hydrogen-bond acceptors (Lipinski definition) is 3. The fourth-order valence-corrected chi connectivity index (χ4v) is 1.71. The topological polar surface area (TPSA) is 52.0 Å². The Kier molecular flexibility index (Phi) is 9.03. The molecule has 0 unspecified atom stereocenters. The lowest BCUT2D eigenvalue weighted by Crippen LogP contribution is -2.22. The summed E-state index contributed by atoms with van der Waals surface area (Å²) in [5.74, 6) is 1.81. The Balaban J connectivity index is 0.000000226. The van der Waals surface area contributed by atoms with Crippen LogP contribution in [0.15, 0.2) is 0 Å². The van der Waals surface area contributed by atoms with Crippen molar-refractivity contribution < 1.29 is 0 Å². The maximum atomic E-state index is 5.63. The molecular formula is C10H24N2S. The molecule has 4 N–H and O–H groups in total. The van der Waals surface area contributed by atoms with Crippen molar-refractivity contribution in [3.8, 4) is 0 Å². The van der Waals surface area contributed by atoms with Gasteiger partial charge < -0.3 is 5.73 Å². The zero-order chi connectivity index (χ0) is 10.1. The molecule has 0 amide bonds. The summed E-state index contributed by atoms with van der Waals surface area (Å²) in [5.41, 5.74) is 5.63. The molecule has 0 radical (unpaired) electrons. The van der Waals surface area contributed by atoms with Crippen molar-refractivity contribution in [2.75, 3.05) is 5.75 Å². The zero-order valence-electron chi connectivity index (χ0n) is 8.96. The quantitative estimate of drug-likeness (QED) is 0.680. The average molecular weight is 204 g/mol. The molecule has 0 aliphatic heterocycles. The second-order valence-corrected chi connectivity index (χ2v) is 4.79. The van der Waals surface area contributed by atoms with Crippen LogP contribution in [-0.2, 0) is 0 Å². The van der Waals surface area contributed by atoms with E-state index in [-0.39, 0.29) is 0 Å². The van der Waals surface area contributed by atoms with E-state index in [9.17, 15) is 0 Å². The monoisotopic (exact) mass is 204 g/mol. The molecule has 1 saturated carbocycles. The molecular weight excluding hydrogens is 180 g/mol. The maximum Gasteiger partial charge on any atom is 0.00995 e. The van der Waals surface area contributed by atoms with Gasteiger partial charge in [-0.2, -0.15) is 0 Å². The van der Waals surface area contributed by atoms with Crippen LogP contribution in [0.25, 0.3) is 0 Å². The van der Waals surface area contributed by atoms with Gasteiger partial charge in [0.05, 0.1) is 0 Å². The Hall–Kier alpha value is 0.270. The predicted molar refractivity (Wildman–Crippen MR) is 62.5 cm³/mol. The molecule has 13 heavy (non-hydrogen) atoms. The van der Waals surface area contributed by atoms with Crippen LogP contribution < -0.4 is 10.9 Å². The molecule has 2 nitrogen and oxygen atoms in total. The molecule has 0 aromatic heterocycles. The van der Waals surface area contributed by atoms with Gasteiger partial charge in [0.1, 0.15) is 0 Å². The molecule has 0 saturated heterocycles. The van der Waals surface area contributed by atoms with Crippen LogP contribution >= 0.6 is 11.9 Å². The van der Waals surface area contributed by atoms with Gasteiger partial charge in [0.25, 0.3) is 0 Å². The van der Waals surface area contributed by atoms with Crippen LogP contribution in [0.5, 0.6) is 0 Å². The van der Waals surface area contributed by atoms with Crippen LogP contribution in [0.4, 0.5) is 0 Å². The predicted octanol–water partition coefficient (Wildman–Crippen LogP) is 2.53. The summed E-state index contributed by atoms with van der Waals surface area (Å²) in [5, 5.41) is 5.15. The summed E-state index contributed by atoms with van der Waals surface area (Å²) in [6.45, 7) is 4.31. The lowest BCUT2D eigenvalue weighted by atomic mass is 9.97. The molecule has 1 aliphatic rings. The first-order valence-corrected chi connectivity index (χ1v) is 6.29. The van der Waals surface area contributed by atoms with Crippen LogP contribution in [-0.4, -0.2) is 11.8 Å².